The zero-order valence-corrected chi connectivity index (χ0v) is 13.1. The van der Waals surface area contributed by atoms with Crippen molar-refractivity contribution in [3.63, 3.8) is 0 Å². The van der Waals surface area contributed by atoms with Gasteiger partial charge in [0.15, 0.2) is 0 Å². The highest BCUT2D eigenvalue weighted by atomic mass is 14.9. The third-order valence-corrected chi connectivity index (χ3v) is 5.50. The molecular weight excluding hydrogens is 230 g/mol. The Morgan fingerprint density at radius 1 is 0.737 bits per heavy atom. The Bertz CT molecular complexity index is 220. The van der Waals surface area contributed by atoms with E-state index >= 15 is 0 Å². The second-order valence-electron chi connectivity index (χ2n) is 7.11. The SMILES string of the molecule is CCCC1CCCC(NCCC2CCCCC2)CC1. The zero-order chi connectivity index (χ0) is 13.3. The van der Waals surface area contributed by atoms with Crippen LogP contribution in [-0.4, -0.2) is 12.6 Å². The molecule has 112 valence electrons. The first-order valence-electron chi connectivity index (χ1n) is 9.12. The predicted octanol–water partition coefficient (Wildman–Crippen LogP) is 5.30. The molecule has 0 aliphatic heterocycles. The zero-order valence-electron chi connectivity index (χ0n) is 13.1. The van der Waals surface area contributed by atoms with Gasteiger partial charge in [0, 0.05) is 6.04 Å². The van der Waals surface area contributed by atoms with Crippen LogP contribution in [0, 0.1) is 11.8 Å². The molecule has 1 heteroatoms. The summed E-state index contributed by atoms with van der Waals surface area (Å²) in [6.45, 7) is 3.62. The summed E-state index contributed by atoms with van der Waals surface area (Å²) in [5.74, 6) is 2.08. The van der Waals surface area contributed by atoms with Gasteiger partial charge in [0.05, 0.1) is 0 Å². The van der Waals surface area contributed by atoms with E-state index in [0.717, 1.165) is 17.9 Å². The van der Waals surface area contributed by atoms with Crippen molar-refractivity contribution in [3.05, 3.63) is 0 Å². The van der Waals surface area contributed by atoms with E-state index in [-0.39, 0.29) is 0 Å². The highest BCUT2D eigenvalue weighted by Gasteiger charge is 2.18. The van der Waals surface area contributed by atoms with Crippen molar-refractivity contribution >= 4 is 0 Å². The molecule has 2 saturated carbocycles. The maximum atomic E-state index is 3.87. The molecule has 19 heavy (non-hydrogen) atoms. The average Bonchev–Trinajstić information content (AvgIpc) is 2.66. The molecule has 0 radical (unpaired) electrons. The van der Waals surface area contributed by atoms with Crippen LogP contribution < -0.4 is 5.32 Å². The van der Waals surface area contributed by atoms with Crippen LogP contribution in [-0.2, 0) is 0 Å². The summed E-state index contributed by atoms with van der Waals surface area (Å²) in [5, 5.41) is 3.87. The van der Waals surface area contributed by atoms with Gasteiger partial charge in [0.2, 0.25) is 0 Å². The molecule has 0 spiro atoms. The molecule has 0 amide bonds. The van der Waals surface area contributed by atoms with E-state index in [9.17, 15) is 0 Å². The molecule has 0 bridgehead atoms. The van der Waals surface area contributed by atoms with E-state index in [4.69, 9.17) is 0 Å². The van der Waals surface area contributed by atoms with Crippen LogP contribution in [0.3, 0.4) is 0 Å². The molecule has 2 aliphatic rings. The fourth-order valence-electron chi connectivity index (χ4n) is 4.25. The molecule has 2 fully saturated rings. The minimum Gasteiger partial charge on any atom is -0.314 e. The lowest BCUT2D eigenvalue weighted by atomic mass is 9.87. The van der Waals surface area contributed by atoms with E-state index in [2.05, 4.69) is 12.2 Å². The summed E-state index contributed by atoms with van der Waals surface area (Å²) in [7, 11) is 0. The van der Waals surface area contributed by atoms with Crippen molar-refractivity contribution < 1.29 is 0 Å². The van der Waals surface area contributed by atoms with Crippen LogP contribution in [0.5, 0.6) is 0 Å². The standard InChI is InChI=1S/C18H35N/c1-2-7-16-10-6-11-18(13-12-16)19-15-14-17-8-4-3-5-9-17/h16-19H,2-15H2,1H3. The molecule has 2 atom stereocenters. The summed E-state index contributed by atoms with van der Waals surface area (Å²) < 4.78 is 0. The van der Waals surface area contributed by atoms with E-state index in [0.29, 0.717) is 0 Å². The maximum Gasteiger partial charge on any atom is 0.00671 e. The van der Waals surface area contributed by atoms with E-state index in [1.165, 1.54) is 90.0 Å². The number of nitrogens with one attached hydrogen (secondary N) is 1. The van der Waals surface area contributed by atoms with E-state index < -0.39 is 0 Å². The van der Waals surface area contributed by atoms with Crippen LogP contribution in [0.25, 0.3) is 0 Å². The Labute approximate surface area is 120 Å². The second kappa shape index (κ2) is 9.00. The van der Waals surface area contributed by atoms with Gasteiger partial charge in [-0.2, -0.15) is 0 Å². The Morgan fingerprint density at radius 2 is 1.47 bits per heavy atom. The van der Waals surface area contributed by atoms with Gasteiger partial charge in [0.1, 0.15) is 0 Å². The van der Waals surface area contributed by atoms with Crippen molar-refractivity contribution in [2.45, 2.75) is 96.4 Å². The molecule has 0 aromatic carbocycles. The Morgan fingerprint density at radius 3 is 2.26 bits per heavy atom. The quantitative estimate of drug-likeness (QED) is 0.643. The van der Waals surface area contributed by atoms with Gasteiger partial charge in [-0.15, -0.1) is 0 Å². The van der Waals surface area contributed by atoms with Crippen LogP contribution in [0.4, 0.5) is 0 Å². The number of hydrogen-bond acceptors (Lipinski definition) is 1. The first-order chi connectivity index (χ1) is 9.38. The lowest BCUT2D eigenvalue weighted by Gasteiger charge is -2.23. The first-order valence-corrected chi connectivity index (χ1v) is 9.12. The molecule has 1 nitrogen and oxygen atoms in total. The highest BCUT2D eigenvalue weighted by molar-refractivity contribution is 4.76. The van der Waals surface area contributed by atoms with Gasteiger partial charge >= 0.3 is 0 Å². The van der Waals surface area contributed by atoms with Crippen LogP contribution >= 0.6 is 0 Å². The summed E-state index contributed by atoms with van der Waals surface area (Å²) in [6.07, 6.45) is 19.1. The van der Waals surface area contributed by atoms with Gasteiger partial charge in [0.25, 0.3) is 0 Å². The van der Waals surface area contributed by atoms with Crippen molar-refractivity contribution in [2.75, 3.05) is 6.54 Å². The van der Waals surface area contributed by atoms with Crippen molar-refractivity contribution in [1.82, 2.24) is 5.32 Å². The van der Waals surface area contributed by atoms with Crippen molar-refractivity contribution in [1.29, 1.82) is 0 Å². The van der Waals surface area contributed by atoms with Crippen molar-refractivity contribution in [3.8, 4) is 0 Å². The minimum absolute atomic E-state index is 0.838. The molecule has 0 saturated heterocycles. The van der Waals surface area contributed by atoms with E-state index in [1.807, 2.05) is 0 Å². The average molecular weight is 265 g/mol. The van der Waals surface area contributed by atoms with Crippen LogP contribution in [0.15, 0.2) is 0 Å². The maximum absolute atomic E-state index is 3.87. The molecule has 1 N–H and O–H groups in total. The molecule has 0 aromatic rings. The topological polar surface area (TPSA) is 12.0 Å². The summed E-state index contributed by atoms with van der Waals surface area (Å²) in [6, 6.07) is 0.838. The normalized spacial score (nSPS) is 30.2. The van der Waals surface area contributed by atoms with Gasteiger partial charge in [-0.3, -0.25) is 0 Å². The number of hydrogen-bond donors (Lipinski definition) is 1. The lowest BCUT2D eigenvalue weighted by molar-refractivity contribution is 0.322. The predicted molar refractivity (Wildman–Crippen MR) is 84.5 cm³/mol. The van der Waals surface area contributed by atoms with E-state index in [1.54, 1.807) is 0 Å². The van der Waals surface area contributed by atoms with Crippen LogP contribution in [0.1, 0.15) is 90.4 Å². The fourth-order valence-corrected chi connectivity index (χ4v) is 4.25. The van der Waals surface area contributed by atoms with Gasteiger partial charge in [-0.25, -0.2) is 0 Å². The third kappa shape index (κ3) is 5.85. The first kappa shape index (κ1) is 15.4. The van der Waals surface area contributed by atoms with Gasteiger partial charge in [-0.1, -0.05) is 64.7 Å². The van der Waals surface area contributed by atoms with Gasteiger partial charge in [-0.05, 0) is 44.1 Å². The molecular formula is C18H35N. The molecule has 2 rings (SSSR count). The Hall–Kier alpha value is -0.0400. The molecule has 0 heterocycles. The summed E-state index contributed by atoms with van der Waals surface area (Å²) in [4.78, 5) is 0. The molecule has 2 aliphatic carbocycles. The lowest BCUT2D eigenvalue weighted by Crippen LogP contribution is -2.30. The highest BCUT2D eigenvalue weighted by Crippen LogP contribution is 2.28. The van der Waals surface area contributed by atoms with Crippen molar-refractivity contribution in [2.24, 2.45) is 11.8 Å². The molecule has 2 unspecified atom stereocenters. The number of rotatable bonds is 6. The second-order valence-corrected chi connectivity index (χ2v) is 7.11. The summed E-state index contributed by atoms with van der Waals surface area (Å²) in [5.41, 5.74) is 0. The Kier molecular flexibility index (Phi) is 7.27. The minimum atomic E-state index is 0.838. The largest absolute Gasteiger partial charge is 0.314 e. The summed E-state index contributed by atoms with van der Waals surface area (Å²) >= 11 is 0. The Balaban J connectivity index is 1.57. The smallest absolute Gasteiger partial charge is 0.00671 e. The molecule has 0 aromatic heterocycles. The van der Waals surface area contributed by atoms with Crippen LogP contribution in [0.2, 0.25) is 0 Å². The fraction of sp³-hybridized carbons (Fsp3) is 1.00. The monoisotopic (exact) mass is 265 g/mol. The third-order valence-electron chi connectivity index (χ3n) is 5.50. The van der Waals surface area contributed by atoms with Gasteiger partial charge < -0.3 is 5.32 Å².